The number of esters is 1. The maximum Gasteiger partial charge on any atom is 0.342 e. The van der Waals surface area contributed by atoms with Crippen LogP contribution in [0, 0.1) is 0 Å². The zero-order valence-corrected chi connectivity index (χ0v) is 16.7. The molecule has 5 nitrogen and oxygen atoms in total. The van der Waals surface area contributed by atoms with Crippen LogP contribution in [0.3, 0.4) is 0 Å². The van der Waals surface area contributed by atoms with Gasteiger partial charge < -0.3 is 14.4 Å². The average molecular weight is 390 g/mol. The van der Waals surface area contributed by atoms with Crippen molar-refractivity contribution in [3.05, 3.63) is 64.7 Å². The van der Waals surface area contributed by atoms with E-state index in [2.05, 4.69) is 0 Å². The third-order valence-corrected chi connectivity index (χ3v) is 4.24. The highest BCUT2D eigenvalue weighted by Crippen LogP contribution is 2.24. The van der Waals surface area contributed by atoms with Crippen LogP contribution >= 0.6 is 11.6 Å². The van der Waals surface area contributed by atoms with Crippen LogP contribution in [0.4, 0.5) is 0 Å². The van der Waals surface area contributed by atoms with Gasteiger partial charge >= 0.3 is 5.97 Å². The van der Waals surface area contributed by atoms with Crippen LogP contribution in [0.25, 0.3) is 0 Å². The van der Waals surface area contributed by atoms with Gasteiger partial charge in [0.05, 0.1) is 7.11 Å². The molecule has 0 saturated heterocycles. The number of halogens is 1. The van der Waals surface area contributed by atoms with Crippen molar-refractivity contribution in [2.75, 3.05) is 13.7 Å². The highest BCUT2D eigenvalue weighted by molar-refractivity contribution is 6.31. The van der Waals surface area contributed by atoms with E-state index in [1.165, 1.54) is 13.2 Å². The summed E-state index contributed by atoms with van der Waals surface area (Å²) in [6.45, 7) is 5.89. The summed E-state index contributed by atoms with van der Waals surface area (Å²) >= 11 is 5.94. The van der Waals surface area contributed by atoms with Gasteiger partial charge in [-0.15, -0.1) is 0 Å². The van der Waals surface area contributed by atoms with Crippen LogP contribution < -0.4 is 4.74 Å². The topological polar surface area (TPSA) is 55.8 Å². The highest BCUT2D eigenvalue weighted by atomic mass is 35.5. The molecule has 0 atom stereocenters. The summed E-state index contributed by atoms with van der Waals surface area (Å²) in [4.78, 5) is 26.8. The van der Waals surface area contributed by atoms with E-state index >= 15 is 0 Å². The minimum Gasteiger partial charge on any atom is -0.496 e. The Hall–Kier alpha value is -2.53. The Kier molecular flexibility index (Phi) is 6.86. The number of rotatable bonds is 6. The first-order valence-electron chi connectivity index (χ1n) is 8.57. The zero-order chi connectivity index (χ0) is 20.0. The van der Waals surface area contributed by atoms with E-state index in [0.717, 1.165) is 5.56 Å². The fourth-order valence-electron chi connectivity index (χ4n) is 2.59. The van der Waals surface area contributed by atoms with Crippen molar-refractivity contribution < 1.29 is 19.1 Å². The number of benzene rings is 2. The summed E-state index contributed by atoms with van der Waals surface area (Å²) in [6.07, 6.45) is 0. The molecule has 0 aliphatic rings. The van der Waals surface area contributed by atoms with Crippen LogP contribution in [0.5, 0.6) is 5.75 Å². The molecule has 27 heavy (non-hydrogen) atoms. The Morgan fingerprint density at radius 2 is 1.74 bits per heavy atom. The van der Waals surface area contributed by atoms with Crippen molar-refractivity contribution in [3.63, 3.8) is 0 Å². The number of amides is 1. The summed E-state index contributed by atoms with van der Waals surface area (Å²) in [7, 11) is 1.45. The zero-order valence-electron chi connectivity index (χ0n) is 16.0. The number of nitrogens with zero attached hydrogens (tertiary/aromatic N) is 1. The molecule has 0 spiro atoms. The van der Waals surface area contributed by atoms with E-state index in [1.807, 2.05) is 51.1 Å². The molecule has 2 aromatic carbocycles. The Labute approximate surface area is 164 Å². The Morgan fingerprint density at radius 1 is 1.07 bits per heavy atom. The molecule has 0 aliphatic heterocycles. The summed E-state index contributed by atoms with van der Waals surface area (Å²) in [5.41, 5.74) is 0.763. The van der Waals surface area contributed by atoms with Crippen LogP contribution in [-0.4, -0.2) is 36.0 Å². The first-order chi connectivity index (χ1) is 12.7. The molecule has 2 rings (SSSR count). The minimum atomic E-state index is -0.656. The van der Waals surface area contributed by atoms with E-state index in [1.54, 1.807) is 17.0 Å². The van der Waals surface area contributed by atoms with Gasteiger partial charge in [-0.25, -0.2) is 4.79 Å². The maximum absolute atomic E-state index is 12.7. The van der Waals surface area contributed by atoms with E-state index in [0.29, 0.717) is 17.3 Å². The van der Waals surface area contributed by atoms with Crippen LogP contribution in [0.2, 0.25) is 5.02 Å². The van der Waals surface area contributed by atoms with Gasteiger partial charge in [0.25, 0.3) is 5.91 Å². The van der Waals surface area contributed by atoms with Gasteiger partial charge in [0.15, 0.2) is 6.61 Å². The number of hydrogen-bond acceptors (Lipinski definition) is 4. The number of carbonyl (C=O) groups is 2. The number of hydrogen-bond donors (Lipinski definition) is 0. The van der Waals surface area contributed by atoms with E-state index in [4.69, 9.17) is 21.1 Å². The van der Waals surface area contributed by atoms with Gasteiger partial charge in [0.2, 0.25) is 0 Å². The molecule has 0 unspecified atom stereocenters. The summed E-state index contributed by atoms with van der Waals surface area (Å²) < 4.78 is 10.4. The van der Waals surface area contributed by atoms with E-state index < -0.39 is 11.5 Å². The van der Waals surface area contributed by atoms with Crippen molar-refractivity contribution in [1.82, 2.24) is 4.90 Å². The van der Waals surface area contributed by atoms with Crippen molar-refractivity contribution in [2.45, 2.75) is 32.9 Å². The smallest absolute Gasteiger partial charge is 0.342 e. The van der Waals surface area contributed by atoms with Gasteiger partial charge in [-0.2, -0.15) is 0 Å². The third kappa shape index (κ3) is 5.73. The van der Waals surface area contributed by atoms with Gasteiger partial charge in [-0.3, -0.25) is 4.79 Å². The molecule has 0 N–H and O–H groups in total. The monoisotopic (exact) mass is 389 g/mol. The summed E-state index contributed by atoms with van der Waals surface area (Å²) in [6, 6.07) is 14.3. The van der Waals surface area contributed by atoms with Gasteiger partial charge in [0, 0.05) is 17.1 Å². The molecular weight excluding hydrogens is 366 g/mol. The second-order valence-electron chi connectivity index (χ2n) is 7.06. The summed E-state index contributed by atoms with van der Waals surface area (Å²) in [5, 5.41) is 0.384. The standard InChI is InChI=1S/C21H24ClNO4/c1-21(2,3)23(13-15-8-6-5-7-9-15)19(24)14-27-20(25)17-12-16(22)10-11-18(17)26-4/h5-12H,13-14H2,1-4H3. The molecule has 0 aromatic heterocycles. The van der Waals surface area contributed by atoms with Crippen molar-refractivity contribution in [3.8, 4) is 5.75 Å². The quantitative estimate of drug-likeness (QED) is 0.690. The molecule has 0 saturated carbocycles. The minimum absolute atomic E-state index is 0.183. The molecular formula is C21H24ClNO4. The molecule has 0 heterocycles. The molecule has 0 aliphatic carbocycles. The Bertz CT molecular complexity index is 800. The maximum atomic E-state index is 12.7. The predicted octanol–water partition coefficient (Wildman–Crippen LogP) is 4.33. The average Bonchev–Trinajstić information content (AvgIpc) is 2.63. The predicted molar refractivity (Wildman–Crippen MR) is 105 cm³/mol. The normalized spacial score (nSPS) is 11.0. The molecule has 0 bridgehead atoms. The Balaban J connectivity index is 2.09. The first kappa shape index (κ1) is 20.8. The molecule has 6 heteroatoms. The molecule has 0 fully saturated rings. The highest BCUT2D eigenvalue weighted by Gasteiger charge is 2.27. The van der Waals surface area contributed by atoms with Gasteiger partial charge in [-0.1, -0.05) is 41.9 Å². The summed E-state index contributed by atoms with van der Waals surface area (Å²) in [5.74, 6) is -0.592. The fourth-order valence-corrected chi connectivity index (χ4v) is 2.76. The van der Waals surface area contributed by atoms with Gasteiger partial charge in [-0.05, 0) is 44.5 Å². The number of ether oxygens (including phenoxy) is 2. The lowest BCUT2D eigenvalue weighted by Crippen LogP contribution is -2.46. The van der Waals surface area contributed by atoms with Crippen LogP contribution in [0.1, 0.15) is 36.7 Å². The lowest BCUT2D eigenvalue weighted by atomic mass is 10.0. The lowest BCUT2D eigenvalue weighted by Gasteiger charge is -2.35. The molecule has 144 valence electrons. The van der Waals surface area contributed by atoms with E-state index in [9.17, 15) is 9.59 Å². The number of carbonyl (C=O) groups excluding carboxylic acids is 2. The van der Waals surface area contributed by atoms with Crippen molar-refractivity contribution in [1.29, 1.82) is 0 Å². The first-order valence-corrected chi connectivity index (χ1v) is 8.95. The SMILES string of the molecule is COc1ccc(Cl)cc1C(=O)OCC(=O)N(Cc1ccccc1)C(C)(C)C. The lowest BCUT2D eigenvalue weighted by molar-refractivity contribution is -0.140. The second-order valence-corrected chi connectivity index (χ2v) is 7.49. The molecule has 0 radical (unpaired) electrons. The van der Waals surface area contributed by atoms with Crippen molar-refractivity contribution in [2.24, 2.45) is 0 Å². The van der Waals surface area contributed by atoms with Crippen molar-refractivity contribution >= 4 is 23.5 Å². The van der Waals surface area contributed by atoms with E-state index in [-0.39, 0.29) is 18.1 Å². The molecule has 1 amide bonds. The van der Waals surface area contributed by atoms with Crippen LogP contribution in [-0.2, 0) is 16.1 Å². The largest absolute Gasteiger partial charge is 0.496 e. The molecule has 2 aromatic rings. The second kappa shape index (κ2) is 8.91. The number of methoxy groups -OCH3 is 1. The van der Waals surface area contributed by atoms with Gasteiger partial charge in [0.1, 0.15) is 11.3 Å². The Morgan fingerprint density at radius 3 is 2.33 bits per heavy atom. The fraction of sp³-hybridized carbons (Fsp3) is 0.333. The van der Waals surface area contributed by atoms with Crippen LogP contribution in [0.15, 0.2) is 48.5 Å². The third-order valence-electron chi connectivity index (χ3n) is 4.00.